The third-order valence-electron chi connectivity index (χ3n) is 12.5. The van der Waals surface area contributed by atoms with Crippen LogP contribution in [0.4, 0.5) is 0 Å². The fourth-order valence-electron chi connectivity index (χ4n) is 7.91. The minimum Gasteiger partial charge on any atom is -0.462 e. The van der Waals surface area contributed by atoms with Crippen molar-refractivity contribution in [2.75, 3.05) is 47.5 Å². The quantitative estimate of drug-likeness (QED) is 0.0211. The Labute approximate surface area is 461 Å². The molecule has 0 saturated heterocycles. The molecule has 10 heteroatoms. The standard InChI is InChI=1S/C65H112NO8P/c1-6-8-10-12-14-16-18-20-22-24-25-26-27-28-29-30-31-32-33-34-35-36-37-38-39-40-41-42-44-46-48-50-52-54-56-58-65(68)74-63(62-73-75(69,70)72-60-59-66(3,4)5)61-71-64(67)57-55-53-51-49-47-45-43-23-21-19-17-15-13-11-9-7-2/h8,10,14,16,20,22-23,25-26,28-29,31-32,34-35,37-38,43,63H,6-7,9,11-13,15,17-19,21,24,27,30,33,36,39-42,44-62H2,1-5H3/p+1/b10-8-,16-14-,22-20-,26-25-,29-28-,32-31-,35-34-,38-37-,43-23-. The number of unbranched alkanes of at least 4 members (excludes halogenated alkanes) is 22. The lowest BCUT2D eigenvalue weighted by atomic mass is 10.0. The van der Waals surface area contributed by atoms with Gasteiger partial charge in [-0.15, -0.1) is 0 Å². The van der Waals surface area contributed by atoms with Gasteiger partial charge in [-0.05, 0) is 103 Å². The van der Waals surface area contributed by atoms with Crippen LogP contribution < -0.4 is 0 Å². The average molecular weight is 1070 g/mol. The van der Waals surface area contributed by atoms with E-state index in [4.69, 9.17) is 18.5 Å². The van der Waals surface area contributed by atoms with E-state index in [1.165, 1.54) is 89.9 Å². The molecule has 0 bridgehead atoms. The first-order chi connectivity index (χ1) is 36.5. The van der Waals surface area contributed by atoms with E-state index in [1.807, 2.05) is 21.1 Å². The molecule has 0 spiro atoms. The van der Waals surface area contributed by atoms with Crippen molar-refractivity contribution in [3.63, 3.8) is 0 Å². The molecule has 0 aliphatic carbocycles. The second kappa shape index (κ2) is 55.4. The van der Waals surface area contributed by atoms with Crippen molar-refractivity contribution >= 4 is 19.8 Å². The van der Waals surface area contributed by atoms with Crippen LogP contribution >= 0.6 is 7.82 Å². The molecule has 0 aromatic carbocycles. The summed E-state index contributed by atoms with van der Waals surface area (Å²) in [6.45, 7) is 4.30. The molecule has 0 heterocycles. The van der Waals surface area contributed by atoms with Crippen molar-refractivity contribution in [2.45, 2.75) is 245 Å². The molecule has 430 valence electrons. The molecule has 0 radical (unpaired) electrons. The van der Waals surface area contributed by atoms with E-state index >= 15 is 0 Å². The maximum atomic E-state index is 12.8. The number of phosphoric acid groups is 1. The zero-order valence-electron chi connectivity index (χ0n) is 48.7. The van der Waals surface area contributed by atoms with Gasteiger partial charge in [-0.25, -0.2) is 4.57 Å². The molecule has 75 heavy (non-hydrogen) atoms. The van der Waals surface area contributed by atoms with Crippen molar-refractivity contribution in [3.8, 4) is 0 Å². The lowest BCUT2D eigenvalue weighted by Crippen LogP contribution is -2.37. The SMILES string of the molecule is CC/C=C\C/C=C\C/C=C\C/C=C\C/C=C\C/C=C\C/C=C\C/C=C\CCCCCCCCCCCCC(=O)OC(COC(=O)CCCCCCC/C=C\CCCCCCCCC)COP(=O)(O)OCC[N+](C)(C)C. The van der Waals surface area contributed by atoms with E-state index in [1.54, 1.807) is 0 Å². The average Bonchev–Trinajstić information content (AvgIpc) is 3.37. The number of carbonyl (C=O) groups excluding carboxylic acids is 2. The van der Waals surface area contributed by atoms with Gasteiger partial charge in [-0.1, -0.05) is 232 Å². The number of rotatable bonds is 54. The molecule has 2 unspecified atom stereocenters. The third-order valence-corrected chi connectivity index (χ3v) is 13.5. The Balaban J connectivity index is 4.14. The Morgan fingerprint density at radius 2 is 0.760 bits per heavy atom. The molecule has 9 nitrogen and oxygen atoms in total. The lowest BCUT2D eigenvalue weighted by Gasteiger charge is -2.24. The molecular weight excluding hydrogens is 954 g/mol. The van der Waals surface area contributed by atoms with Crippen LogP contribution in [-0.2, 0) is 32.7 Å². The number of nitrogens with zero attached hydrogens (tertiary/aromatic N) is 1. The molecule has 0 aliphatic rings. The summed E-state index contributed by atoms with van der Waals surface area (Å²) in [7, 11) is 1.46. The molecule has 0 rings (SSSR count). The molecule has 2 atom stereocenters. The number of esters is 2. The van der Waals surface area contributed by atoms with Gasteiger partial charge >= 0.3 is 19.8 Å². The smallest absolute Gasteiger partial charge is 0.462 e. The summed E-state index contributed by atoms with van der Waals surface area (Å²) in [6.07, 6.45) is 77.3. The number of allylic oxidation sites excluding steroid dienone is 18. The number of hydrogen-bond acceptors (Lipinski definition) is 7. The van der Waals surface area contributed by atoms with Gasteiger partial charge < -0.3 is 18.9 Å². The number of phosphoric ester groups is 1. The predicted octanol–water partition coefficient (Wildman–Crippen LogP) is 19.0. The number of quaternary nitrogens is 1. The fraction of sp³-hybridized carbons (Fsp3) is 0.692. The molecule has 0 amide bonds. The van der Waals surface area contributed by atoms with Crippen molar-refractivity contribution in [1.82, 2.24) is 0 Å². The number of ether oxygens (including phenoxy) is 2. The van der Waals surface area contributed by atoms with Gasteiger partial charge in [0.2, 0.25) is 0 Å². The summed E-state index contributed by atoms with van der Waals surface area (Å²) in [6, 6.07) is 0. The summed E-state index contributed by atoms with van der Waals surface area (Å²) >= 11 is 0. The third kappa shape index (κ3) is 59.8. The summed E-state index contributed by atoms with van der Waals surface area (Å²) in [5.74, 6) is -0.815. The lowest BCUT2D eigenvalue weighted by molar-refractivity contribution is -0.870. The predicted molar refractivity (Wildman–Crippen MR) is 321 cm³/mol. The summed E-state index contributed by atoms with van der Waals surface area (Å²) in [4.78, 5) is 35.7. The van der Waals surface area contributed by atoms with Crippen molar-refractivity contribution in [3.05, 3.63) is 109 Å². The summed E-state index contributed by atoms with van der Waals surface area (Å²) < 4.78 is 34.5. The van der Waals surface area contributed by atoms with Crippen LogP contribution in [0.2, 0.25) is 0 Å². The Hall–Kier alpha value is -3.33. The van der Waals surface area contributed by atoms with Gasteiger partial charge in [0.15, 0.2) is 6.10 Å². The topological polar surface area (TPSA) is 108 Å². The van der Waals surface area contributed by atoms with Crippen LogP contribution in [0.1, 0.15) is 239 Å². The molecule has 0 fully saturated rings. The van der Waals surface area contributed by atoms with Crippen molar-refractivity contribution in [1.29, 1.82) is 0 Å². The molecule has 1 N–H and O–H groups in total. The van der Waals surface area contributed by atoms with Gasteiger partial charge in [-0.2, -0.15) is 0 Å². The van der Waals surface area contributed by atoms with Gasteiger partial charge in [0.1, 0.15) is 19.8 Å². The normalized spacial score (nSPS) is 14.1. The van der Waals surface area contributed by atoms with Crippen LogP contribution in [-0.4, -0.2) is 74.9 Å². The van der Waals surface area contributed by atoms with Gasteiger partial charge in [-0.3, -0.25) is 18.6 Å². The van der Waals surface area contributed by atoms with Crippen LogP contribution in [0, 0.1) is 0 Å². The highest BCUT2D eigenvalue weighted by atomic mass is 31.2. The highest BCUT2D eigenvalue weighted by Crippen LogP contribution is 2.43. The minimum absolute atomic E-state index is 0.0251. The Bertz CT molecular complexity index is 1630. The molecule has 0 aromatic rings. The zero-order chi connectivity index (χ0) is 54.9. The molecule has 0 aliphatic heterocycles. The second-order valence-corrected chi connectivity index (χ2v) is 22.5. The first-order valence-electron chi connectivity index (χ1n) is 30.1. The van der Waals surface area contributed by atoms with Crippen LogP contribution in [0.15, 0.2) is 109 Å². The molecular formula is C65H113NO8P+. The van der Waals surface area contributed by atoms with E-state index in [2.05, 4.69) is 123 Å². The van der Waals surface area contributed by atoms with E-state index in [0.29, 0.717) is 17.4 Å². The largest absolute Gasteiger partial charge is 0.472 e. The van der Waals surface area contributed by atoms with Crippen LogP contribution in [0.3, 0.4) is 0 Å². The number of likely N-dealkylation sites (N-methyl/N-ethyl adjacent to an activating group) is 1. The van der Waals surface area contributed by atoms with E-state index in [9.17, 15) is 19.0 Å². The number of carbonyl (C=O) groups is 2. The second-order valence-electron chi connectivity index (χ2n) is 21.0. The Morgan fingerprint density at radius 3 is 1.15 bits per heavy atom. The monoisotopic (exact) mass is 1070 g/mol. The first-order valence-corrected chi connectivity index (χ1v) is 31.6. The Kier molecular flexibility index (Phi) is 53.0. The first kappa shape index (κ1) is 71.7. The van der Waals surface area contributed by atoms with E-state index in [-0.39, 0.29) is 32.0 Å². The minimum atomic E-state index is -4.39. The highest BCUT2D eigenvalue weighted by molar-refractivity contribution is 7.47. The maximum Gasteiger partial charge on any atom is 0.472 e. The van der Waals surface area contributed by atoms with Crippen molar-refractivity contribution in [2.24, 2.45) is 0 Å². The Morgan fingerprint density at radius 1 is 0.427 bits per heavy atom. The van der Waals surface area contributed by atoms with E-state index < -0.39 is 26.5 Å². The zero-order valence-corrected chi connectivity index (χ0v) is 49.6. The van der Waals surface area contributed by atoms with Gasteiger partial charge in [0, 0.05) is 12.8 Å². The van der Waals surface area contributed by atoms with Crippen LogP contribution in [0.5, 0.6) is 0 Å². The van der Waals surface area contributed by atoms with Gasteiger partial charge in [0.25, 0.3) is 0 Å². The number of hydrogen-bond donors (Lipinski definition) is 1. The summed E-state index contributed by atoms with van der Waals surface area (Å²) in [5, 5.41) is 0. The molecule has 0 aromatic heterocycles. The van der Waals surface area contributed by atoms with E-state index in [0.717, 1.165) is 116 Å². The van der Waals surface area contributed by atoms with Gasteiger partial charge in [0.05, 0.1) is 27.7 Å². The van der Waals surface area contributed by atoms with Crippen LogP contribution in [0.25, 0.3) is 0 Å². The summed E-state index contributed by atoms with van der Waals surface area (Å²) in [5.41, 5.74) is 0. The molecule has 0 saturated carbocycles. The van der Waals surface area contributed by atoms with Crippen molar-refractivity contribution < 1.29 is 42.1 Å². The maximum absolute atomic E-state index is 12.8. The highest BCUT2D eigenvalue weighted by Gasteiger charge is 2.27. The fourth-order valence-corrected chi connectivity index (χ4v) is 8.65.